The molecule has 0 spiro atoms. The van der Waals surface area contributed by atoms with Crippen LogP contribution in [0.5, 0.6) is 0 Å². The number of benzene rings is 3. The third-order valence-corrected chi connectivity index (χ3v) is 8.64. The van der Waals surface area contributed by atoms with Crippen LogP contribution in [0.4, 0.5) is 10.1 Å². The first kappa shape index (κ1) is 24.1. The maximum Gasteiger partial charge on any atom is 0.264 e. The van der Waals surface area contributed by atoms with Crippen molar-refractivity contribution in [3.05, 3.63) is 102 Å². The van der Waals surface area contributed by atoms with E-state index in [1.54, 1.807) is 19.3 Å². The Morgan fingerprint density at radius 1 is 0.947 bits per heavy atom. The smallest absolute Gasteiger partial charge is 0.264 e. The fourth-order valence-corrected chi connectivity index (χ4v) is 6.45. The molecule has 1 unspecified atom stereocenters. The van der Waals surface area contributed by atoms with Crippen molar-refractivity contribution in [1.29, 1.82) is 0 Å². The predicted octanol–water partition coefficient (Wildman–Crippen LogP) is 6.25. The van der Waals surface area contributed by atoms with Gasteiger partial charge < -0.3 is 0 Å². The van der Waals surface area contributed by atoms with E-state index in [0.29, 0.717) is 27.5 Å². The van der Waals surface area contributed by atoms with E-state index >= 15 is 0 Å². The Hall–Kier alpha value is -4.28. The van der Waals surface area contributed by atoms with Gasteiger partial charge >= 0.3 is 0 Å². The number of pyridine rings is 1. The van der Waals surface area contributed by atoms with Crippen LogP contribution in [0.15, 0.2) is 90.2 Å². The number of H-pyrrole nitrogens is 2. The Labute approximate surface area is 222 Å². The molecule has 2 N–H and O–H groups in total. The summed E-state index contributed by atoms with van der Waals surface area (Å²) in [5.74, 6) is -0.447. The molecule has 6 aromatic rings. The molecule has 1 atom stereocenters. The highest BCUT2D eigenvalue weighted by Gasteiger charge is 2.38. The fraction of sp³-hybridized carbons (Fsp3) is 0.0741. The van der Waals surface area contributed by atoms with Crippen molar-refractivity contribution < 1.29 is 12.8 Å². The summed E-state index contributed by atoms with van der Waals surface area (Å²) in [4.78, 5) is 4.44. The molecule has 7 rings (SSSR count). The molecule has 0 saturated heterocycles. The Bertz CT molecular complexity index is 1900. The van der Waals surface area contributed by atoms with Crippen molar-refractivity contribution in [2.45, 2.75) is 17.9 Å². The summed E-state index contributed by atoms with van der Waals surface area (Å²) in [6.45, 7) is 1.77. The Morgan fingerprint density at radius 3 is 2.53 bits per heavy atom. The second-order valence-corrected chi connectivity index (χ2v) is 11.0. The number of hydrogen-bond acceptors (Lipinski definition) is 5. The molecular formula is C27H20ClFN6O2S. The first-order valence-electron chi connectivity index (χ1n) is 11.6. The molecule has 11 heteroatoms. The summed E-state index contributed by atoms with van der Waals surface area (Å²) in [5.41, 5.74) is 4.24. The summed E-state index contributed by atoms with van der Waals surface area (Å²) >= 11 is 5.86. The average molecular weight is 547 g/mol. The molecule has 3 aromatic carbocycles. The fourth-order valence-electron chi connectivity index (χ4n) is 4.67. The number of para-hydroxylation sites is 1. The molecule has 1 aliphatic rings. The quantitative estimate of drug-likeness (QED) is 0.267. The van der Waals surface area contributed by atoms with Crippen molar-refractivity contribution in [3.63, 3.8) is 0 Å². The maximum atomic E-state index is 13.8. The molecule has 38 heavy (non-hydrogen) atoms. The second-order valence-electron chi connectivity index (χ2n) is 8.77. The normalized spacial score (nSPS) is 14.6. The van der Waals surface area contributed by atoms with Gasteiger partial charge in [0, 0.05) is 33.1 Å². The third kappa shape index (κ3) is 3.98. The monoisotopic (exact) mass is 546 g/mol. The zero-order valence-corrected chi connectivity index (χ0v) is 21.5. The first-order chi connectivity index (χ1) is 18.3. The van der Waals surface area contributed by atoms with Gasteiger partial charge in [0.15, 0.2) is 0 Å². The van der Waals surface area contributed by atoms with E-state index in [2.05, 4.69) is 25.4 Å². The molecule has 190 valence electrons. The van der Waals surface area contributed by atoms with Crippen molar-refractivity contribution in [2.24, 2.45) is 0 Å². The van der Waals surface area contributed by atoms with Crippen LogP contribution in [0.2, 0.25) is 5.02 Å². The van der Waals surface area contributed by atoms with Gasteiger partial charge in [-0.1, -0.05) is 29.8 Å². The molecule has 0 bridgehead atoms. The Morgan fingerprint density at radius 2 is 1.71 bits per heavy atom. The highest BCUT2D eigenvalue weighted by molar-refractivity contribution is 7.92. The zero-order chi connectivity index (χ0) is 26.4. The highest BCUT2D eigenvalue weighted by Crippen LogP contribution is 2.46. The van der Waals surface area contributed by atoms with Crippen LogP contribution in [0, 0.1) is 5.82 Å². The summed E-state index contributed by atoms with van der Waals surface area (Å²) in [6.07, 6.45) is 5.19. The molecule has 0 aliphatic carbocycles. The lowest BCUT2D eigenvalue weighted by molar-refractivity contribution is 0.581. The lowest BCUT2D eigenvalue weighted by Crippen LogP contribution is -2.36. The minimum atomic E-state index is -3.86. The van der Waals surface area contributed by atoms with Crippen LogP contribution in [0.1, 0.15) is 18.5 Å². The van der Waals surface area contributed by atoms with Gasteiger partial charge in [0.1, 0.15) is 5.82 Å². The number of aromatic nitrogens is 5. The second kappa shape index (κ2) is 9.23. The van der Waals surface area contributed by atoms with Gasteiger partial charge in [-0.3, -0.25) is 19.5 Å². The molecule has 3 aromatic heterocycles. The maximum absolute atomic E-state index is 13.8. The van der Waals surface area contributed by atoms with Crippen molar-refractivity contribution in [3.8, 4) is 11.3 Å². The first-order valence-corrected chi connectivity index (χ1v) is 13.5. The largest absolute Gasteiger partial charge is 0.277 e. The van der Waals surface area contributed by atoms with Crippen LogP contribution < -0.4 is 4.31 Å². The molecular weight excluding hydrogens is 527 g/mol. The van der Waals surface area contributed by atoms with Gasteiger partial charge in [-0.25, -0.2) is 12.8 Å². The van der Waals surface area contributed by atoms with Gasteiger partial charge in [-0.2, -0.15) is 10.2 Å². The van der Waals surface area contributed by atoms with E-state index in [-0.39, 0.29) is 4.90 Å². The van der Waals surface area contributed by atoms with E-state index in [4.69, 9.17) is 11.6 Å². The lowest BCUT2D eigenvalue weighted by Gasteiger charge is -2.35. The van der Waals surface area contributed by atoms with Crippen LogP contribution in [0.25, 0.3) is 33.1 Å². The van der Waals surface area contributed by atoms with Crippen molar-refractivity contribution in [2.75, 3.05) is 4.31 Å². The molecule has 0 amide bonds. The number of sulfonamides is 1. The topological polar surface area (TPSA) is 108 Å². The number of anilines is 1. The van der Waals surface area contributed by atoms with E-state index in [9.17, 15) is 12.8 Å². The van der Waals surface area contributed by atoms with Crippen LogP contribution in [-0.4, -0.2) is 33.8 Å². The lowest BCUT2D eigenvalue weighted by atomic mass is 9.97. The van der Waals surface area contributed by atoms with E-state index < -0.39 is 21.9 Å². The zero-order valence-electron chi connectivity index (χ0n) is 19.9. The molecule has 4 heterocycles. The summed E-state index contributed by atoms with van der Waals surface area (Å²) in [6, 6.07) is 17.5. The molecule has 0 saturated carbocycles. The number of halogens is 2. The van der Waals surface area contributed by atoms with E-state index in [1.807, 2.05) is 30.5 Å². The summed E-state index contributed by atoms with van der Waals surface area (Å²) in [7, 11) is -3.86. The van der Waals surface area contributed by atoms with Crippen LogP contribution in [-0.2, 0) is 10.0 Å². The van der Waals surface area contributed by atoms with Crippen LogP contribution >= 0.6 is 11.6 Å². The standard InChI is InChI=1S/C17H13ClFN3O2S.C10H7N3/c1-10-15-9-20-21-17(15)14-8-12(19)4-7-16(14)22(10)25(23,24)13-5-2-11(18)3-6-13;1-2-4-9-8(3-1)10-7(5-11-9)6-12-13-10/h2-10H,1H3,(H,20,21);1-6H,(H,12,13). The number of hydrogen-bond donors (Lipinski definition) is 2. The Kier molecular flexibility index (Phi) is 5.85. The van der Waals surface area contributed by atoms with Crippen molar-refractivity contribution >= 4 is 49.1 Å². The van der Waals surface area contributed by atoms with Gasteiger partial charge in [-0.05, 0) is 55.5 Å². The van der Waals surface area contributed by atoms with Gasteiger partial charge in [0.25, 0.3) is 10.0 Å². The Balaban J connectivity index is 0.000000169. The van der Waals surface area contributed by atoms with Gasteiger partial charge in [0.05, 0.1) is 45.7 Å². The summed E-state index contributed by atoms with van der Waals surface area (Å²) in [5, 5.41) is 16.4. The van der Waals surface area contributed by atoms with Gasteiger partial charge in [0.2, 0.25) is 0 Å². The molecule has 0 fully saturated rings. The SMILES string of the molecule is CC1c2cn[nH]c2-c2cc(F)ccc2N1S(=O)(=O)c1ccc(Cl)cc1.c1ccc2c(c1)ncc1cn[nH]c12. The molecule has 8 nitrogen and oxygen atoms in total. The van der Waals surface area contributed by atoms with E-state index in [0.717, 1.165) is 21.8 Å². The van der Waals surface area contributed by atoms with Crippen LogP contribution in [0.3, 0.4) is 0 Å². The highest BCUT2D eigenvalue weighted by atomic mass is 35.5. The molecule has 0 radical (unpaired) electrons. The number of nitrogens with zero attached hydrogens (tertiary/aromatic N) is 4. The third-order valence-electron chi connectivity index (χ3n) is 6.49. The van der Waals surface area contributed by atoms with Crippen molar-refractivity contribution in [1.82, 2.24) is 25.4 Å². The number of fused-ring (bicyclic) bond motifs is 6. The number of aromatic amines is 2. The number of nitrogens with one attached hydrogen (secondary N) is 2. The number of rotatable bonds is 2. The summed E-state index contributed by atoms with van der Waals surface area (Å²) < 4.78 is 41.6. The minimum absolute atomic E-state index is 0.117. The average Bonchev–Trinajstić information content (AvgIpc) is 3.60. The van der Waals surface area contributed by atoms with E-state index in [1.165, 1.54) is 46.8 Å². The minimum Gasteiger partial charge on any atom is -0.277 e. The predicted molar refractivity (Wildman–Crippen MR) is 145 cm³/mol. The van der Waals surface area contributed by atoms with Gasteiger partial charge in [-0.15, -0.1) is 0 Å². The molecule has 1 aliphatic heterocycles.